The lowest BCUT2D eigenvalue weighted by Gasteiger charge is -2.39. The number of esters is 1. The van der Waals surface area contributed by atoms with E-state index in [1.807, 2.05) is 24.8 Å². The van der Waals surface area contributed by atoms with Gasteiger partial charge in [0, 0.05) is 18.0 Å². The highest BCUT2D eigenvalue weighted by Crippen LogP contribution is 2.40. The molecule has 3 rings (SSSR count). The largest absolute Gasteiger partial charge is 0.468 e. The van der Waals surface area contributed by atoms with E-state index in [1.54, 1.807) is 24.3 Å². The van der Waals surface area contributed by atoms with Crippen LogP contribution in [0.15, 0.2) is 40.9 Å². The normalized spacial score (nSPS) is 26.1. The predicted octanol–water partition coefficient (Wildman–Crippen LogP) is 2.95. The smallest absolute Gasteiger partial charge is 0.319 e. The second-order valence-electron chi connectivity index (χ2n) is 7.95. The van der Waals surface area contributed by atoms with Crippen molar-refractivity contribution in [3.8, 4) is 6.07 Å². The van der Waals surface area contributed by atoms with E-state index < -0.39 is 23.7 Å². The maximum absolute atomic E-state index is 12.9. The number of hydrogen-bond acceptors (Lipinski definition) is 6. The summed E-state index contributed by atoms with van der Waals surface area (Å²) in [6.45, 7) is 4.10. The van der Waals surface area contributed by atoms with Crippen LogP contribution in [0.2, 0.25) is 0 Å². The van der Waals surface area contributed by atoms with Crippen LogP contribution in [-0.2, 0) is 19.1 Å². The van der Waals surface area contributed by atoms with Crippen molar-refractivity contribution in [2.75, 3.05) is 12.9 Å². The molecule has 0 unspecified atom stereocenters. The van der Waals surface area contributed by atoms with Crippen molar-refractivity contribution < 1.29 is 19.1 Å². The van der Waals surface area contributed by atoms with Crippen LogP contribution in [0.3, 0.4) is 0 Å². The van der Waals surface area contributed by atoms with Crippen LogP contribution in [0.5, 0.6) is 0 Å². The fourth-order valence-corrected chi connectivity index (χ4v) is 5.38. The maximum atomic E-state index is 12.9. The van der Waals surface area contributed by atoms with Crippen LogP contribution in [0.4, 0.5) is 0 Å². The standard InChI is InChI=1S/C23H27N3O4S/c1-14-8-7-9-15(2)26(14)18(27)13-31-22-17(12-24)19(16-10-5-4-6-11-16)20(21(28)25-22)23(29)30-3/h4-6,10-11,14-15,19-20H,7-9,13H2,1-3H3,(H,25,28)/t14-,15-,19+,20+/m1/s1. The van der Waals surface area contributed by atoms with E-state index in [-0.39, 0.29) is 29.3 Å². The van der Waals surface area contributed by atoms with E-state index in [2.05, 4.69) is 11.4 Å². The molecule has 0 spiro atoms. The number of benzene rings is 1. The van der Waals surface area contributed by atoms with Crippen LogP contribution in [0, 0.1) is 17.2 Å². The molecular formula is C23H27N3O4S. The number of nitrogens with one attached hydrogen (secondary N) is 1. The Morgan fingerprint density at radius 1 is 1.23 bits per heavy atom. The average Bonchev–Trinajstić information content (AvgIpc) is 2.77. The Balaban J connectivity index is 1.90. The van der Waals surface area contributed by atoms with Gasteiger partial charge in [0.15, 0.2) is 0 Å². The molecule has 2 aliphatic heterocycles. The molecule has 0 saturated carbocycles. The summed E-state index contributed by atoms with van der Waals surface area (Å²) in [6, 6.07) is 11.5. The van der Waals surface area contributed by atoms with Crippen molar-refractivity contribution in [3.05, 3.63) is 46.5 Å². The maximum Gasteiger partial charge on any atom is 0.319 e. The summed E-state index contributed by atoms with van der Waals surface area (Å²) in [7, 11) is 1.22. The Morgan fingerprint density at radius 3 is 2.45 bits per heavy atom. The van der Waals surface area contributed by atoms with Gasteiger partial charge in [0.1, 0.15) is 5.92 Å². The number of likely N-dealkylation sites (tertiary alicyclic amines) is 1. The number of thioether (sulfide) groups is 1. The second kappa shape index (κ2) is 10.0. The first-order valence-electron chi connectivity index (χ1n) is 10.4. The fraction of sp³-hybridized carbons (Fsp3) is 0.478. The molecule has 31 heavy (non-hydrogen) atoms. The minimum absolute atomic E-state index is 0.0184. The molecule has 1 fully saturated rings. The number of carbonyl (C=O) groups is 3. The number of allylic oxidation sites excluding steroid dienone is 1. The zero-order chi connectivity index (χ0) is 22.5. The molecule has 7 nitrogen and oxygen atoms in total. The number of piperidine rings is 1. The molecule has 2 amide bonds. The van der Waals surface area contributed by atoms with Crippen molar-refractivity contribution in [3.63, 3.8) is 0 Å². The first kappa shape index (κ1) is 22.9. The number of nitrogens with zero attached hydrogens (tertiary/aromatic N) is 2. The molecule has 2 heterocycles. The van der Waals surface area contributed by atoms with Crippen LogP contribution in [0.1, 0.15) is 44.6 Å². The van der Waals surface area contributed by atoms with Gasteiger partial charge in [-0.15, -0.1) is 0 Å². The molecule has 0 radical (unpaired) electrons. The lowest BCUT2D eigenvalue weighted by Crippen LogP contribution is -2.48. The van der Waals surface area contributed by atoms with Gasteiger partial charge in [0.05, 0.1) is 29.5 Å². The Morgan fingerprint density at radius 2 is 1.87 bits per heavy atom. The first-order chi connectivity index (χ1) is 14.9. The van der Waals surface area contributed by atoms with E-state index in [1.165, 1.54) is 7.11 Å². The van der Waals surface area contributed by atoms with Gasteiger partial charge in [-0.05, 0) is 38.7 Å². The Labute approximate surface area is 186 Å². The van der Waals surface area contributed by atoms with Crippen LogP contribution in [-0.4, -0.2) is 47.6 Å². The van der Waals surface area contributed by atoms with Crippen molar-refractivity contribution in [2.45, 2.75) is 51.1 Å². The van der Waals surface area contributed by atoms with Gasteiger partial charge in [-0.25, -0.2) is 0 Å². The summed E-state index contributed by atoms with van der Waals surface area (Å²) in [6.07, 6.45) is 3.05. The summed E-state index contributed by atoms with van der Waals surface area (Å²) >= 11 is 1.14. The topological polar surface area (TPSA) is 99.5 Å². The van der Waals surface area contributed by atoms with Gasteiger partial charge in [0.2, 0.25) is 11.8 Å². The SMILES string of the molecule is COC(=O)[C@@H]1C(=O)NC(SCC(=O)N2[C@H](C)CCC[C@H]2C)=C(C#N)[C@@H]1c1ccccc1. The first-order valence-corrected chi connectivity index (χ1v) is 11.4. The highest BCUT2D eigenvalue weighted by atomic mass is 32.2. The average molecular weight is 442 g/mol. The molecule has 1 saturated heterocycles. The molecule has 0 aromatic heterocycles. The fourth-order valence-electron chi connectivity index (χ4n) is 4.46. The summed E-state index contributed by atoms with van der Waals surface area (Å²) in [5, 5.41) is 12.9. The zero-order valence-electron chi connectivity index (χ0n) is 18.0. The second-order valence-corrected chi connectivity index (χ2v) is 8.94. The van der Waals surface area contributed by atoms with Crippen molar-refractivity contribution in [2.24, 2.45) is 5.92 Å². The monoisotopic (exact) mass is 441 g/mol. The lowest BCUT2D eigenvalue weighted by atomic mass is 9.78. The molecule has 164 valence electrons. The van der Waals surface area contributed by atoms with Crippen LogP contribution in [0.25, 0.3) is 0 Å². The van der Waals surface area contributed by atoms with Gasteiger partial charge >= 0.3 is 5.97 Å². The third-order valence-electron chi connectivity index (χ3n) is 5.96. The molecule has 2 aliphatic rings. The van der Waals surface area contributed by atoms with E-state index in [9.17, 15) is 19.6 Å². The van der Waals surface area contributed by atoms with Gasteiger partial charge in [-0.1, -0.05) is 42.1 Å². The number of hydrogen-bond donors (Lipinski definition) is 1. The summed E-state index contributed by atoms with van der Waals surface area (Å²) < 4.78 is 4.84. The molecule has 4 atom stereocenters. The van der Waals surface area contributed by atoms with Crippen molar-refractivity contribution >= 4 is 29.5 Å². The van der Waals surface area contributed by atoms with Crippen LogP contribution >= 0.6 is 11.8 Å². The minimum Gasteiger partial charge on any atom is -0.468 e. The predicted molar refractivity (Wildman–Crippen MR) is 118 cm³/mol. The Bertz CT molecular complexity index is 914. The van der Waals surface area contributed by atoms with E-state index in [0.717, 1.165) is 31.0 Å². The number of rotatable bonds is 5. The van der Waals surface area contributed by atoms with E-state index in [4.69, 9.17) is 4.74 Å². The molecule has 1 aromatic carbocycles. The van der Waals surface area contributed by atoms with Crippen LogP contribution < -0.4 is 5.32 Å². The quantitative estimate of drug-likeness (QED) is 0.557. The third kappa shape index (κ3) is 4.77. The van der Waals surface area contributed by atoms with Gasteiger partial charge in [0.25, 0.3) is 0 Å². The number of methoxy groups -OCH3 is 1. The van der Waals surface area contributed by atoms with Gasteiger partial charge < -0.3 is 15.0 Å². The van der Waals surface area contributed by atoms with E-state index in [0.29, 0.717) is 10.6 Å². The Hall–Kier alpha value is -2.79. The van der Waals surface area contributed by atoms with Crippen molar-refractivity contribution in [1.29, 1.82) is 5.26 Å². The number of carbonyl (C=O) groups excluding carboxylic acids is 3. The molecule has 1 N–H and O–H groups in total. The molecule has 0 bridgehead atoms. The molecule has 8 heteroatoms. The third-order valence-corrected chi connectivity index (χ3v) is 6.97. The molecule has 0 aliphatic carbocycles. The number of amides is 2. The van der Waals surface area contributed by atoms with Gasteiger partial charge in [-0.2, -0.15) is 5.26 Å². The van der Waals surface area contributed by atoms with E-state index >= 15 is 0 Å². The highest BCUT2D eigenvalue weighted by Gasteiger charge is 2.44. The number of nitriles is 1. The summed E-state index contributed by atoms with van der Waals surface area (Å²) in [4.78, 5) is 40.1. The van der Waals surface area contributed by atoms with Crippen molar-refractivity contribution in [1.82, 2.24) is 10.2 Å². The Kier molecular flexibility index (Phi) is 7.39. The minimum atomic E-state index is -1.16. The number of ether oxygens (including phenoxy) is 1. The lowest BCUT2D eigenvalue weighted by molar-refractivity contribution is -0.150. The highest BCUT2D eigenvalue weighted by molar-refractivity contribution is 8.03. The molecule has 1 aromatic rings. The molecular weight excluding hydrogens is 414 g/mol. The summed E-state index contributed by atoms with van der Waals surface area (Å²) in [5.41, 5.74) is 0.936. The van der Waals surface area contributed by atoms with Gasteiger partial charge in [-0.3, -0.25) is 14.4 Å². The summed E-state index contributed by atoms with van der Waals surface area (Å²) in [5.74, 6) is -3.07. The zero-order valence-corrected chi connectivity index (χ0v) is 18.8.